The minimum absolute atomic E-state index is 0.849. The molecule has 1 aliphatic heterocycles. The topological polar surface area (TPSA) is 49.6 Å². The van der Waals surface area contributed by atoms with E-state index in [4.69, 9.17) is 0 Å². The second-order valence-corrected chi connectivity index (χ2v) is 7.25. The molecule has 7 heteroatoms. The summed E-state index contributed by atoms with van der Waals surface area (Å²) in [6.07, 6.45) is 2.12. The standard InChI is InChI=1S/C17H22N6S/c1-12-10-16(20-14(3)18-12)22-6-4-21(5-7-22)11-15-13(2)19-17-23(15)8-9-24-17/h8-10H,4-7,11H2,1-3H3. The van der Waals surface area contributed by atoms with Crippen LogP contribution in [0.4, 0.5) is 5.82 Å². The van der Waals surface area contributed by atoms with Gasteiger partial charge in [0.1, 0.15) is 11.6 Å². The summed E-state index contributed by atoms with van der Waals surface area (Å²) in [7, 11) is 0. The lowest BCUT2D eigenvalue weighted by Gasteiger charge is -2.35. The number of anilines is 1. The van der Waals surface area contributed by atoms with Gasteiger partial charge in [-0.25, -0.2) is 15.0 Å². The van der Waals surface area contributed by atoms with E-state index >= 15 is 0 Å². The van der Waals surface area contributed by atoms with Gasteiger partial charge < -0.3 is 4.90 Å². The predicted octanol–water partition coefficient (Wildman–Crippen LogP) is 2.43. The Kier molecular flexibility index (Phi) is 3.97. The molecule has 0 saturated carbocycles. The lowest BCUT2D eigenvalue weighted by Crippen LogP contribution is -2.46. The van der Waals surface area contributed by atoms with E-state index in [1.165, 1.54) is 5.69 Å². The first kappa shape index (κ1) is 15.5. The summed E-state index contributed by atoms with van der Waals surface area (Å²) in [6.45, 7) is 11.1. The van der Waals surface area contributed by atoms with E-state index in [1.54, 1.807) is 11.3 Å². The number of piperazine rings is 1. The number of rotatable bonds is 3. The van der Waals surface area contributed by atoms with Gasteiger partial charge in [0.05, 0.1) is 11.4 Å². The van der Waals surface area contributed by atoms with Gasteiger partial charge in [-0.2, -0.15) is 0 Å². The summed E-state index contributed by atoms with van der Waals surface area (Å²) in [5.41, 5.74) is 3.49. The Morgan fingerprint density at radius 2 is 1.83 bits per heavy atom. The second-order valence-electron chi connectivity index (χ2n) is 6.38. The van der Waals surface area contributed by atoms with Gasteiger partial charge in [0.25, 0.3) is 0 Å². The minimum Gasteiger partial charge on any atom is -0.354 e. The number of fused-ring (bicyclic) bond motifs is 1. The van der Waals surface area contributed by atoms with Crippen LogP contribution in [0.3, 0.4) is 0 Å². The molecule has 0 spiro atoms. The second kappa shape index (κ2) is 6.14. The molecular formula is C17H22N6S. The van der Waals surface area contributed by atoms with E-state index in [9.17, 15) is 0 Å². The van der Waals surface area contributed by atoms with Gasteiger partial charge in [-0.05, 0) is 20.8 Å². The molecule has 1 fully saturated rings. The predicted molar refractivity (Wildman–Crippen MR) is 96.8 cm³/mol. The largest absolute Gasteiger partial charge is 0.354 e. The number of hydrogen-bond donors (Lipinski definition) is 0. The first-order valence-corrected chi connectivity index (χ1v) is 9.19. The molecule has 0 aromatic carbocycles. The van der Waals surface area contributed by atoms with Crippen molar-refractivity contribution in [2.45, 2.75) is 27.3 Å². The number of aromatic nitrogens is 4. The molecule has 126 valence electrons. The molecule has 1 aliphatic rings. The van der Waals surface area contributed by atoms with Crippen LogP contribution in [0.1, 0.15) is 22.9 Å². The number of nitrogens with zero attached hydrogens (tertiary/aromatic N) is 6. The van der Waals surface area contributed by atoms with Crippen molar-refractivity contribution < 1.29 is 0 Å². The molecule has 3 aromatic heterocycles. The number of hydrogen-bond acceptors (Lipinski definition) is 6. The van der Waals surface area contributed by atoms with Crippen molar-refractivity contribution in [1.82, 2.24) is 24.3 Å². The highest BCUT2D eigenvalue weighted by atomic mass is 32.1. The van der Waals surface area contributed by atoms with Crippen LogP contribution in [0, 0.1) is 20.8 Å². The average molecular weight is 342 g/mol. The van der Waals surface area contributed by atoms with Crippen LogP contribution in [-0.4, -0.2) is 50.4 Å². The molecule has 4 rings (SSSR count). The summed E-state index contributed by atoms with van der Waals surface area (Å²) >= 11 is 1.70. The number of thiazole rings is 1. The van der Waals surface area contributed by atoms with Crippen LogP contribution in [-0.2, 0) is 6.54 Å². The Bertz CT molecular complexity index is 839. The zero-order valence-electron chi connectivity index (χ0n) is 14.4. The van der Waals surface area contributed by atoms with Crippen molar-refractivity contribution in [3.05, 3.63) is 40.5 Å². The molecule has 0 radical (unpaired) electrons. The Balaban J connectivity index is 1.44. The molecular weight excluding hydrogens is 320 g/mol. The fourth-order valence-electron chi connectivity index (χ4n) is 3.34. The fourth-order valence-corrected chi connectivity index (χ4v) is 4.12. The zero-order chi connectivity index (χ0) is 16.7. The fraction of sp³-hybridized carbons (Fsp3) is 0.471. The summed E-state index contributed by atoms with van der Waals surface area (Å²) in [6, 6.07) is 2.08. The molecule has 6 nitrogen and oxygen atoms in total. The Labute approximate surface area is 145 Å². The van der Waals surface area contributed by atoms with Crippen molar-refractivity contribution in [3.63, 3.8) is 0 Å². The van der Waals surface area contributed by atoms with E-state index in [2.05, 4.69) is 53.7 Å². The first-order chi connectivity index (χ1) is 11.6. The van der Waals surface area contributed by atoms with Gasteiger partial charge >= 0.3 is 0 Å². The van der Waals surface area contributed by atoms with E-state index < -0.39 is 0 Å². The van der Waals surface area contributed by atoms with E-state index in [1.807, 2.05) is 13.8 Å². The summed E-state index contributed by atoms with van der Waals surface area (Å²) < 4.78 is 2.23. The molecule has 4 heterocycles. The smallest absolute Gasteiger partial charge is 0.194 e. The highest BCUT2D eigenvalue weighted by molar-refractivity contribution is 7.15. The van der Waals surface area contributed by atoms with Gasteiger partial charge in [-0.1, -0.05) is 0 Å². The number of aryl methyl sites for hydroxylation is 3. The molecule has 0 N–H and O–H groups in total. The Morgan fingerprint density at radius 3 is 2.58 bits per heavy atom. The zero-order valence-corrected chi connectivity index (χ0v) is 15.2. The molecule has 0 amide bonds. The van der Waals surface area contributed by atoms with E-state index in [0.717, 1.165) is 60.7 Å². The average Bonchev–Trinajstić information content (AvgIpc) is 3.10. The quantitative estimate of drug-likeness (QED) is 0.732. The van der Waals surface area contributed by atoms with Gasteiger partial charge in [0.2, 0.25) is 0 Å². The van der Waals surface area contributed by atoms with Crippen LogP contribution in [0.15, 0.2) is 17.6 Å². The molecule has 3 aromatic rings. The molecule has 0 unspecified atom stereocenters. The Morgan fingerprint density at radius 1 is 1.04 bits per heavy atom. The maximum Gasteiger partial charge on any atom is 0.194 e. The SMILES string of the molecule is Cc1cc(N2CCN(Cc3c(C)nc4sccn34)CC2)nc(C)n1. The van der Waals surface area contributed by atoms with Crippen molar-refractivity contribution in [1.29, 1.82) is 0 Å². The number of imidazole rings is 1. The molecule has 0 bridgehead atoms. The minimum atomic E-state index is 0.849. The maximum absolute atomic E-state index is 4.65. The van der Waals surface area contributed by atoms with Crippen LogP contribution in [0.5, 0.6) is 0 Å². The van der Waals surface area contributed by atoms with Crippen molar-refractivity contribution >= 4 is 22.1 Å². The van der Waals surface area contributed by atoms with Crippen molar-refractivity contribution in [2.24, 2.45) is 0 Å². The van der Waals surface area contributed by atoms with Crippen LogP contribution >= 0.6 is 11.3 Å². The third-order valence-electron chi connectivity index (χ3n) is 4.58. The summed E-state index contributed by atoms with van der Waals surface area (Å²) in [5, 5.41) is 2.10. The highest BCUT2D eigenvalue weighted by Gasteiger charge is 2.21. The monoisotopic (exact) mass is 342 g/mol. The van der Waals surface area contributed by atoms with Crippen molar-refractivity contribution in [2.75, 3.05) is 31.1 Å². The normalized spacial score (nSPS) is 16.2. The highest BCUT2D eigenvalue weighted by Crippen LogP contribution is 2.20. The lowest BCUT2D eigenvalue weighted by atomic mass is 10.2. The Hall–Kier alpha value is -1.99. The van der Waals surface area contributed by atoms with Crippen LogP contribution in [0.25, 0.3) is 4.96 Å². The third kappa shape index (κ3) is 2.89. The molecule has 0 aliphatic carbocycles. The summed E-state index contributed by atoms with van der Waals surface area (Å²) in [4.78, 5) is 19.6. The molecule has 24 heavy (non-hydrogen) atoms. The third-order valence-corrected chi connectivity index (χ3v) is 5.34. The van der Waals surface area contributed by atoms with Crippen molar-refractivity contribution in [3.8, 4) is 0 Å². The first-order valence-electron chi connectivity index (χ1n) is 8.31. The van der Waals surface area contributed by atoms with Gasteiger partial charge in [-0.3, -0.25) is 9.30 Å². The van der Waals surface area contributed by atoms with E-state index in [0.29, 0.717) is 0 Å². The van der Waals surface area contributed by atoms with Crippen LogP contribution < -0.4 is 4.90 Å². The van der Waals surface area contributed by atoms with E-state index in [-0.39, 0.29) is 0 Å². The van der Waals surface area contributed by atoms with Gasteiger partial charge in [0.15, 0.2) is 4.96 Å². The van der Waals surface area contributed by atoms with Gasteiger partial charge in [0, 0.05) is 56.1 Å². The lowest BCUT2D eigenvalue weighted by molar-refractivity contribution is 0.245. The van der Waals surface area contributed by atoms with Gasteiger partial charge in [-0.15, -0.1) is 11.3 Å². The maximum atomic E-state index is 4.65. The van der Waals surface area contributed by atoms with Crippen LogP contribution in [0.2, 0.25) is 0 Å². The molecule has 0 atom stereocenters. The summed E-state index contributed by atoms with van der Waals surface area (Å²) in [5.74, 6) is 1.91. The molecule has 1 saturated heterocycles.